The lowest BCUT2D eigenvalue weighted by molar-refractivity contribution is -0.485. The van der Waals surface area contributed by atoms with Crippen LogP contribution in [0.2, 0.25) is 0 Å². The molecule has 1 fully saturated rings. The van der Waals surface area contributed by atoms with Gasteiger partial charge in [0.2, 0.25) is 0 Å². The lowest BCUT2D eigenvalue weighted by Crippen LogP contribution is -2.24. The molecule has 4 N–H and O–H groups in total. The standard InChI is InChI=1S/C14H19N5O4/c1-9-6-7-10(16-13(15)18-19(21)22)8-12(9)17-14(20)23-11-4-2-3-5-11/h6-8,11H,2-5H2,1H3,(H,17,20)(H3,15,16,18). The van der Waals surface area contributed by atoms with Crippen molar-refractivity contribution in [3.8, 4) is 0 Å². The van der Waals surface area contributed by atoms with Gasteiger partial charge in [-0.1, -0.05) is 6.07 Å². The van der Waals surface area contributed by atoms with Crippen LogP contribution in [-0.4, -0.2) is 23.2 Å². The van der Waals surface area contributed by atoms with E-state index in [9.17, 15) is 14.9 Å². The molecule has 1 aliphatic carbocycles. The number of guanidine groups is 1. The number of amides is 1. The van der Waals surface area contributed by atoms with E-state index in [4.69, 9.17) is 10.5 Å². The third-order valence-electron chi connectivity index (χ3n) is 3.51. The van der Waals surface area contributed by atoms with Gasteiger partial charge in [0.15, 0.2) is 5.03 Å². The van der Waals surface area contributed by atoms with Crippen molar-refractivity contribution in [1.82, 2.24) is 0 Å². The highest BCUT2D eigenvalue weighted by Gasteiger charge is 2.19. The number of nitrogens with zero attached hydrogens (tertiary/aromatic N) is 2. The van der Waals surface area contributed by atoms with Crippen molar-refractivity contribution in [3.63, 3.8) is 0 Å². The highest BCUT2D eigenvalue weighted by atomic mass is 16.7. The minimum absolute atomic E-state index is 0.0283. The van der Waals surface area contributed by atoms with Gasteiger partial charge in [0.05, 0.1) is 0 Å². The molecule has 1 amide bonds. The van der Waals surface area contributed by atoms with Crippen LogP contribution in [0.3, 0.4) is 0 Å². The maximum atomic E-state index is 11.9. The highest BCUT2D eigenvalue weighted by Crippen LogP contribution is 2.23. The number of hydrazone groups is 1. The van der Waals surface area contributed by atoms with Gasteiger partial charge in [0.25, 0.3) is 5.96 Å². The van der Waals surface area contributed by atoms with Gasteiger partial charge < -0.3 is 15.8 Å². The van der Waals surface area contributed by atoms with E-state index in [1.807, 2.05) is 6.92 Å². The van der Waals surface area contributed by atoms with Crippen molar-refractivity contribution in [3.05, 3.63) is 33.9 Å². The quantitative estimate of drug-likeness (QED) is 0.337. The van der Waals surface area contributed by atoms with E-state index < -0.39 is 11.1 Å². The fourth-order valence-electron chi connectivity index (χ4n) is 2.39. The molecule has 23 heavy (non-hydrogen) atoms. The molecule has 1 aliphatic rings. The lowest BCUT2D eigenvalue weighted by Gasteiger charge is -2.14. The molecule has 1 saturated carbocycles. The summed E-state index contributed by atoms with van der Waals surface area (Å²) in [5.41, 5.74) is 7.21. The van der Waals surface area contributed by atoms with E-state index in [-0.39, 0.29) is 12.1 Å². The van der Waals surface area contributed by atoms with Crippen LogP contribution in [-0.2, 0) is 4.74 Å². The van der Waals surface area contributed by atoms with Crippen LogP contribution in [0.15, 0.2) is 23.3 Å². The maximum absolute atomic E-state index is 11.9. The van der Waals surface area contributed by atoms with Gasteiger partial charge >= 0.3 is 6.09 Å². The van der Waals surface area contributed by atoms with Gasteiger partial charge in [-0.15, -0.1) is 0 Å². The van der Waals surface area contributed by atoms with Crippen LogP contribution in [0.4, 0.5) is 16.2 Å². The van der Waals surface area contributed by atoms with Crippen molar-refractivity contribution in [2.24, 2.45) is 10.8 Å². The van der Waals surface area contributed by atoms with Gasteiger partial charge in [-0.2, -0.15) is 0 Å². The van der Waals surface area contributed by atoms with Crippen LogP contribution in [0.25, 0.3) is 0 Å². The Hall–Kier alpha value is -2.84. The summed E-state index contributed by atoms with van der Waals surface area (Å²) in [5, 5.41) is 17.6. The molecule has 2 rings (SSSR count). The molecule has 124 valence electrons. The molecule has 1 aromatic rings. The number of aryl methyl sites for hydroxylation is 1. The third-order valence-corrected chi connectivity index (χ3v) is 3.51. The summed E-state index contributed by atoms with van der Waals surface area (Å²) in [7, 11) is 0. The predicted octanol–water partition coefficient (Wildman–Crippen LogP) is 2.40. The Labute approximate surface area is 133 Å². The molecule has 0 aliphatic heterocycles. The Kier molecular flexibility index (Phi) is 5.34. The molecule has 0 heterocycles. The third kappa shape index (κ3) is 5.13. The summed E-state index contributed by atoms with van der Waals surface area (Å²) in [6.45, 7) is 1.82. The molecule has 9 nitrogen and oxygen atoms in total. The maximum Gasteiger partial charge on any atom is 0.411 e. The number of benzene rings is 1. The second-order valence-electron chi connectivity index (χ2n) is 5.31. The monoisotopic (exact) mass is 321 g/mol. The number of rotatable bonds is 4. The summed E-state index contributed by atoms with van der Waals surface area (Å²) in [6.07, 6.45) is 3.39. The fraction of sp³-hybridized carbons (Fsp3) is 0.429. The van der Waals surface area contributed by atoms with E-state index in [1.165, 1.54) is 0 Å². The predicted molar refractivity (Wildman–Crippen MR) is 85.8 cm³/mol. The number of carbonyl (C=O) groups is 1. The second-order valence-corrected chi connectivity index (χ2v) is 5.31. The second kappa shape index (κ2) is 7.43. The summed E-state index contributed by atoms with van der Waals surface area (Å²) >= 11 is 0. The number of carbonyl (C=O) groups excluding carboxylic acids is 1. The molecular weight excluding hydrogens is 302 g/mol. The molecule has 0 saturated heterocycles. The zero-order valence-electron chi connectivity index (χ0n) is 12.7. The molecule has 0 spiro atoms. The first-order chi connectivity index (χ1) is 10.9. The fourth-order valence-corrected chi connectivity index (χ4v) is 2.39. The largest absolute Gasteiger partial charge is 0.446 e. The van der Waals surface area contributed by atoms with Gasteiger partial charge in [-0.3, -0.25) is 5.32 Å². The van der Waals surface area contributed by atoms with E-state index in [0.29, 0.717) is 11.4 Å². The van der Waals surface area contributed by atoms with Crippen LogP contribution in [0, 0.1) is 17.0 Å². The Morgan fingerprint density at radius 3 is 2.74 bits per heavy atom. The first kappa shape index (κ1) is 16.5. The zero-order chi connectivity index (χ0) is 16.8. The number of hydrogen-bond acceptors (Lipinski definition) is 4. The number of nitro groups is 1. The van der Waals surface area contributed by atoms with Gasteiger partial charge in [-0.05, 0) is 50.3 Å². The topological polar surface area (TPSA) is 132 Å². The van der Waals surface area contributed by atoms with Crippen LogP contribution < -0.4 is 16.4 Å². The number of anilines is 2. The molecule has 1 aromatic carbocycles. The van der Waals surface area contributed by atoms with Crippen molar-refractivity contribution in [2.45, 2.75) is 38.7 Å². The summed E-state index contributed by atoms with van der Waals surface area (Å²) in [6, 6.07) is 5.02. The number of nitrogens with one attached hydrogen (secondary N) is 2. The highest BCUT2D eigenvalue weighted by molar-refractivity contribution is 5.93. The van der Waals surface area contributed by atoms with Crippen molar-refractivity contribution < 1.29 is 14.6 Å². The smallest absolute Gasteiger partial charge is 0.411 e. The van der Waals surface area contributed by atoms with Crippen LogP contribution in [0.5, 0.6) is 0 Å². The average Bonchev–Trinajstić information content (AvgIpc) is 2.94. The Balaban J connectivity index is 2.01. The van der Waals surface area contributed by atoms with Crippen molar-refractivity contribution >= 4 is 23.4 Å². The average molecular weight is 321 g/mol. The van der Waals surface area contributed by atoms with Gasteiger partial charge in [0.1, 0.15) is 11.2 Å². The van der Waals surface area contributed by atoms with Crippen molar-refractivity contribution in [1.29, 1.82) is 0 Å². The molecule has 0 unspecified atom stereocenters. The van der Waals surface area contributed by atoms with Crippen molar-refractivity contribution in [2.75, 3.05) is 10.6 Å². The summed E-state index contributed by atoms with van der Waals surface area (Å²) in [5.74, 6) is -0.349. The van der Waals surface area contributed by atoms with Gasteiger partial charge in [0, 0.05) is 11.4 Å². The molecule has 9 heteroatoms. The Bertz CT molecular complexity index is 626. The SMILES string of the molecule is Cc1ccc(NC(N)=N[N+](=O)[O-])cc1NC(=O)OC1CCCC1. The van der Waals surface area contributed by atoms with E-state index in [2.05, 4.69) is 15.7 Å². The zero-order valence-corrected chi connectivity index (χ0v) is 12.7. The number of ether oxygens (including phenoxy) is 1. The minimum Gasteiger partial charge on any atom is -0.446 e. The van der Waals surface area contributed by atoms with Crippen LogP contribution >= 0.6 is 0 Å². The normalized spacial score (nSPS) is 15.3. The molecule has 0 bridgehead atoms. The summed E-state index contributed by atoms with van der Waals surface area (Å²) < 4.78 is 5.34. The van der Waals surface area contributed by atoms with E-state index in [1.54, 1.807) is 18.2 Å². The minimum atomic E-state index is -0.894. The van der Waals surface area contributed by atoms with Crippen LogP contribution in [0.1, 0.15) is 31.2 Å². The van der Waals surface area contributed by atoms with E-state index >= 15 is 0 Å². The number of nitrogens with two attached hydrogens (primary N) is 1. The molecule has 0 atom stereocenters. The number of hydrogen-bond donors (Lipinski definition) is 3. The first-order valence-electron chi connectivity index (χ1n) is 7.28. The Morgan fingerprint density at radius 2 is 2.09 bits per heavy atom. The lowest BCUT2D eigenvalue weighted by atomic mass is 10.2. The Morgan fingerprint density at radius 1 is 1.39 bits per heavy atom. The summed E-state index contributed by atoms with van der Waals surface area (Å²) in [4.78, 5) is 22.2. The van der Waals surface area contributed by atoms with E-state index in [0.717, 1.165) is 31.2 Å². The molecular formula is C14H19N5O4. The first-order valence-corrected chi connectivity index (χ1v) is 7.28. The molecule has 0 aromatic heterocycles. The van der Waals surface area contributed by atoms with Gasteiger partial charge in [-0.25, -0.2) is 14.9 Å². The molecule has 0 radical (unpaired) electrons.